The SMILES string of the molecule is N=C(N)NC(=O)NCc1cccc(CCc2cnc(N3CCOCC3)nc2)c1.O=C(O)C(O)C(O)C(=O)O. The summed E-state index contributed by atoms with van der Waals surface area (Å²) < 4.78 is 5.35. The van der Waals surface area contributed by atoms with E-state index < -0.39 is 30.2 Å². The van der Waals surface area contributed by atoms with E-state index >= 15 is 0 Å². The summed E-state index contributed by atoms with van der Waals surface area (Å²) in [6.07, 6.45) is 0.929. The molecule has 2 heterocycles. The van der Waals surface area contributed by atoms with E-state index in [0.29, 0.717) is 19.8 Å². The fraction of sp³-hybridized carbons (Fsp3) is 0.391. The quantitative estimate of drug-likeness (QED) is 0.138. The van der Waals surface area contributed by atoms with Gasteiger partial charge in [0.25, 0.3) is 0 Å². The minimum Gasteiger partial charge on any atom is -0.479 e. The molecule has 1 fully saturated rings. The van der Waals surface area contributed by atoms with Gasteiger partial charge in [-0.3, -0.25) is 10.7 Å². The second-order valence-corrected chi connectivity index (χ2v) is 8.10. The number of urea groups is 1. The van der Waals surface area contributed by atoms with Crippen molar-refractivity contribution in [1.82, 2.24) is 20.6 Å². The van der Waals surface area contributed by atoms with Crippen LogP contribution in [0.25, 0.3) is 0 Å². The van der Waals surface area contributed by atoms with Crippen molar-refractivity contribution >= 4 is 29.9 Å². The van der Waals surface area contributed by atoms with E-state index in [-0.39, 0.29) is 5.96 Å². The molecule has 15 nitrogen and oxygen atoms in total. The normalized spacial score (nSPS) is 14.3. The van der Waals surface area contributed by atoms with Crippen LogP contribution in [0.1, 0.15) is 16.7 Å². The first kappa shape index (κ1) is 29.9. The number of nitrogens with one attached hydrogen (secondary N) is 3. The molecule has 2 atom stereocenters. The molecule has 0 spiro atoms. The highest BCUT2D eigenvalue weighted by Crippen LogP contribution is 2.12. The number of aryl methyl sites for hydroxylation is 2. The average molecular weight is 534 g/mol. The van der Waals surface area contributed by atoms with Gasteiger partial charge in [0, 0.05) is 32.0 Å². The Balaban J connectivity index is 0.000000432. The number of morpholine rings is 1. The fourth-order valence-electron chi connectivity index (χ4n) is 3.21. The van der Waals surface area contributed by atoms with E-state index in [1.54, 1.807) is 0 Å². The van der Waals surface area contributed by atoms with Gasteiger partial charge in [-0.1, -0.05) is 24.3 Å². The number of aromatic nitrogens is 2. The highest BCUT2D eigenvalue weighted by molar-refractivity contribution is 5.93. The van der Waals surface area contributed by atoms with Crippen LogP contribution in [0.4, 0.5) is 10.7 Å². The van der Waals surface area contributed by atoms with Crippen molar-refractivity contribution in [3.8, 4) is 0 Å². The maximum atomic E-state index is 11.5. The lowest BCUT2D eigenvalue weighted by molar-refractivity contribution is -0.165. The highest BCUT2D eigenvalue weighted by Gasteiger charge is 2.29. The molecule has 38 heavy (non-hydrogen) atoms. The summed E-state index contributed by atoms with van der Waals surface area (Å²) in [5.74, 6) is -3.16. The fourth-order valence-corrected chi connectivity index (χ4v) is 3.21. The number of carbonyl (C=O) groups excluding carboxylic acids is 1. The Labute approximate surface area is 217 Å². The summed E-state index contributed by atoms with van der Waals surface area (Å²) in [6, 6.07) is 7.53. The van der Waals surface area contributed by atoms with Gasteiger partial charge in [0.15, 0.2) is 18.2 Å². The van der Waals surface area contributed by atoms with Crippen LogP contribution >= 0.6 is 0 Å². The molecule has 2 amide bonds. The Morgan fingerprint density at radius 3 is 2.11 bits per heavy atom. The third-order valence-electron chi connectivity index (χ3n) is 5.19. The van der Waals surface area contributed by atoms with Crippen molar-refractivity contribution in [2.45, 2.75) is 31.6 Å². The molecular weight excluding hydrogens is 502 g/mol. The van der Waals surface area contributed by atoms with Gasteiger partial charge in [-0.15, -0.1) is 0 Å². The standard InChI is InChI=1S/C19H25N7O2.C4H6O6/c20-17(21)25-19(27)24-11-15-3-1-2-14(10-15)4-5-16-12-22-18(23-13-16)26-6-8-28-9-7-26;5-1(3(7)8)2(6)4(9)10/h1-3,10,12-13H,4-9,11H2,(H5,20,21,24,25,27);1-2,5-6H,(H,7,8)(H,9,10). The summed E-state index contributed by atoms with van der Waals surface area (Å²) in [4.78, 5) is 42.1. The molecule has 1 saturated heterocycles. The molecule has 0 bridgehead atoms. The van der Waals surface area contributed by atoms with Crippen LogP contribution in [-0.2, 0) is 33.7 Å². The smallest absolute Gasteiger partial charge is 0.335 e. The molecule has 15 heteroatoms. The van der Waals surface area contributed by atoms with Crippen molar-refractivity contribution in [3.05, 3.63) is 53.3 Å². The Kier molecular flexibility index (Phi) is 11.8. The van der Waals surface area contributed by atoms with Crippen LogP contribution < -0.4 is 21.3 Å². The Bertz CT molecular complexity index is 1080. The van der Waals surface area contributed by atoms with Crippen LogP contribution in [0.15, 0.2) is 36.7 Å². The monoisotopic (exact) mass is 533 g/mol. The molecule has 2 unspecified atom stereocenters. The summed E-state index contributed by atoms with van der Waals surface area (Å²) in [7, 11) is 0. The number of guanidine groups is 1. The zero-order valence-electron chi connectivity index (χ0n) is 20.4. The predicted molar refractivity (Wildman–Crippen MR) is 133 cm³/mol. The molecule has 0 radical (unpaired) electrons. The van der Waals surface area contributed by atoms with Gasteiger partial charge in [-0.05, 0) is 29.5 Å². The number of aliphatic hydroxyl groups excluding tert-OH is 2. The third kappa shape index (κ3) is 10.3. The molecule has 0 saturated carbocycles. The molecule has 2 aromatic rings. The zero-order valence-corrected chi connectivity index (χ0v) is 20.4. The van der Waals surface area contributed by atoms with Crippen LogP contribution in [0.2, 0.25) is 0 Å². The first-order chi connectivity index (χ1) is 18.1. The van der Waals surface area contributed by atoms with Gasteiger partial charge in [0.2, 0.25) is 5.95 Å². The van der Waals surface area contributed by atoms with Gasteiger partial charge in [-0.25, -0.2) is 24.4 Å². The lowest BCUT2D eigenvalue weighted by Crippen LogP contribution is -2.42. The maximum Gasteiger partial charge on any atom is 0.335 e. The molecule has 9 N–H and O–H groups in total. The van der Waals surface area contributed by atoms with Crippen LogP contribution in [0, 0.1) is 5.41 Å². The summed E-state index contributed by atoms with van der Waals surface area (Å²) in [6.45, 7) is 3.44. The topological polar surface area (TPSA) is 244 Å². The minimum absolute atomic E-state index is 0.365. The number of carboxylic acid groups (broad SMARTS) is 2. The van der Waals surface area contributed by atoms with Crippen molar-refractivity contribution in [3.63, 3.8) is 0 Å². The molecule has 1 aromatic carbocycles. The van der Waals surface area contributed by atoms with Crippen molar-refractivity contribution in [2.75, 3.05) is 31.2 Å². The van der Waals surface area contributed by atoms with E-state index in [0.717, 1.165) is 43.0 Å². The molecule has 206 valence electrons. The van der Waals surface area contributed by atoms with E-state index in [9.17, 15) is 14.4 Å². The molecule has 1 aromatic heterocycles. The van der Waals surface area contributed by atoms with Gasteiger partial charge in [0.1, 0.15) is 0 Å². The van der Waals surface area contributed by atoms with Gasteiger partial charge in [-0.2, -0.15) is 0 Å². The number of nitrogens with zero attached hydrogens (tertiary/aromatic N) is 3. The number of benzene rings is 1. The lowest BCUT2D eigenvalue weighted by atomic mass is 10.0. The number of rotatable bonds is 9. The minimum atomic E-state index is -2.27. The van der Waals surface area contributed by atoms with Gasteiger partial charge in [0.05, 0.1) is 13.2 Å². The number of amides is 2. The Hall–Kier alpha value is -4.34. The largest absolute Gasteiger partial charge is 0.479 e. The van der Waals surface area contributed by atoms with E-state index in [1.807, 2.05) is 24.5 Å². The van der Waals surface area contributed by atoms with Crippen molar-refractivity contribution in [2.24, 2.45) is 5.73 Å². The number of hydrogen-bond acceptors (Lipinski definition) is 10. The lowest BCUT2D eigenvalue weighted by Gasteiger charge is -2.26. The molecule has 1 aliphatic heterocycles. The van der Waals surface area contributed by atoms with E-state index in [2.05, 4.69) is 37.6 Å². The zero-order chi connectivity index (χ0) is 28.1. The second-order valence-electron chi connectivity index (χ2n) is 8.10. The number of aliphatic hydroxyl groups is 2. The summed E-state index contributed by atoms with van der Waals surface area (Å²) in [5, 5.41) is 44.4. The molecule has 1 aliphatic rings. The van der Waals surface area contributed by atoms with Crippen LogP contribution in [0.5, 0.6) is 0 Å². The predicted octanol–water partition coefficient (Wildman–Crippen LogP) is -1.33. The summed E-state index contributed by atoms with van der Waals surface area (Å²) in [5.41, 5.74) is 8.36. The van der Waals surface area contributed by atoms with Gasteiger partial charge < -0.3 is 41.1 Å². The Morgan fingerprint density at radius 1 is 1.00 bits per heavy atom. The van der Waals surface area contributed by atoms with Crippen molar-refractivity contribution in [1.29, 1.82) is 5.41 Å². The second kappa shape index (κ2) is 15.0. The van der Waals surface area contributed by atoms with E-state index in [4.69, 9.17) is 36.3 Å². The number of carboxylic acids is 2. The first-order valence-corrected chi connectivity index (χ1v) is 11.5. The summed E-state index contributed by atoms with van der Waals surface area (Å²) >= 11 is 0. The number of hydrogen-bond donors (Lipinski definition) is 8. The number of ether oxygens (including phenoxy) is 1. The molecular formula is C23H31N7O8. The van der Waals surface area contributed by atoms with Crippen LogP contribution in [-0.4, -0.2) is 92.8 Å². The third-order valence-corrected chi connectivity index (χ3v) is 5.19. The number of carbonyl (C=O) groups is 3. The maximum absolute atomic E-state index is 11.5. The van der Waals surface area contributed by atoms with Crippen LogP contribution in [0.3, 0.4) is 0 Å². The number of aliphatic carboxylic acids is 2. The first-order valence-electron chi connectivity index (χ1n) is 11.5. The average Bonchev–Trinajstić information content (AvgIpc) is 2.91. The van der Waals surface area contributed by atoms with Crippen molar-refractivity contribution < 1.29 is 39.5 Å². The number of anilines is 1. The van der Waals surface area contributed by atoms with Gasteiger partial charge >= 0.3 is 18.0 Å². The number of nitrogens with two attached hydrogens (primary N) is 1. The highest BCUT2D eigenvalue weighted by atomic mass is 16.5. The Morgan fingerprint density at radius 2 is 1.55 bits per heavy atom. The van der Waals surface area contributed by atoms with E-state index in [1.165, 1.54) is 5.56 Å². The molecule has 0 aliphatic carbocycles. The molecule has 3 rings (SSSR count).